The fraction of sp³-hybridized carbons (Fsp3) is 0.375. The van der Waals surface area contributed by atoms with Crippen LogP contribution in [-0.2, 0) is 0 Å². The molecule has 0 aliphatic rings. The summed E-state index contributed by atoms with van der Waals surface area (Å²) in [7, 11) is 0. The molecule has 0 spiro atoms. The third-order valence-corrected chi connectivity index (χ3v) is 2.81. The van der Waals surface area contributed by atoms with E-state index in [9.17, 15) is 0 Å². The second kappa shape index (κ2) is 5.49. The normalized spacial score (nSPS) is 11.2. The number of aryl methyl sites for hydroxylation is 2. The molecule has 0 unspecified atom stereocenters. The Labute approximate surface area is 120 Å². The van der Waals surface area contributed by atoms with Crippen molar-refractivity contribution in [2.75, 3.05) is 10.6 Å². The number of nitrogens with one attached hydrogen (secondary N) is 2. The van der Waals surface area contributed by atoms with Crippen molar-refractivity contribution in [1.29, 1.82) is 0 Å². The minimum absolute atomic E-state index is 0.0224. The molecular weight excluding hydrogens is 248 g/mol. The van der Waals surface area contributed by atoms with Gasteiger partial charge in [0, 0.05) is 17.3 Å². The fourth-order valence-electron chi connectivity index (χ4n) is 1.97. The molecule has 0 saturated carbocycles. The van der Waals surface area contributed by atoms with Crippen molar-refractivity contribution in [3.05, 3.63) is 41.7 Å². The molecule has 1 aromatic carbocycles. The Morgan fingerprint density at radius 1 is 0.950 bits per heavy atom. The molecule has 2 N–H and O–H groups in total. The number of rotatable bonds is 3. The molecule has 106 valence electrons. The molecule has 20 heavy (non-hydrogen) atoms. The number of hydrogen-bond acceptors (Lipinski definition) is 4. The summed E-state index contributed by atoms with van der Waals surface area (Å²) in [5, 5.41) is 6.67. The quantitative estimate of drug-likeness (QED) is 0.883. The summed E-state index contributed by atoms with van der Waals surface area (Å²) in [6, 6.07) is 8.23. The molecule has 0 fully saturated rings. The predicted octanol–water partition coefficient (Wildman–Crippen LogP) is 4.05. The van der Waals surface area contributed by atoms with Crippen LogP contribution in [0.5, 0.6) is 0 Å². The lowest BCUT2D eigenvalue weighted by Crippen LogP contribution is -2.26. The first-order valence-electron chi connectivity index (χ1n) is 6.78. The molecule has 4 heteroatoms. The van der Waals surface area contributed by atoms with Gasteiger partial charge in [0.25, 0.3) is 0 Å². The SMILES string of the molecule is Cc1ccc(Nc2cc(NC(C)(C)C)ncn2)c(C)c1. The summed E-state index contributed by atoms with van der Waals surface area (Å²) in [5.74, 6) is 1.61. The third-order valence-electron chi connectivity index (χ3n) is 2.81. The number of aromatic nitrogens is 2. The second-order valence-corrected chi connectivity index (χ2v) is 6.11. The van der Waals surface area contributed by atoms with E-state index in [-0.39, 0.29) is 5.54 Å². The number of nitrogens with zero attached hydrogens (tertiary/aromatic N) is 2. The molecule has 0 radical (unpaired) electrons. The number of hydrogen-bond donors (Lipinski definition) is 2. The van der Waals surface area contributed by atoms with Crippen molar-refractivity contribution >= 4 is 17.3 Å². The lowest BCUT2D eigenvalue weighted by atomic mass is 10.1. The summed E-state index contributed by atoms with van der Waals surface area (Å²) in [5.41, 5.74) is 3.50. The first-order chi connectivity index (χ1) is 9.33. The molecule has 4 nitrogen and oxygen atoms in total. The molecule has 1 aromatic heterocycles. The van der Waals surface area contributed by atoms with E-state index in [1.807, 2.05) is 6.07 Å². The summed E-state index contributed by atoms with van der Waals surface area (Å²) >= 11 is 0. The molecule has 0 atom stereocenters. The van der Waals surface area contributed by atoms with Crippen LogP contribution in [0, 0.1) is 13.8 Å². The maximum atomic E-state index is 4.27. The van der Waals surface area contributed by atoms with E-state index in [4.69, 9.17) is 0 Å². The lowest BCUT2D eigenvalue weighted by molar-refractivity contribution is 0.630. The zero-order valence-electron chi connectivity index (χ0n) is 12.8. The van der Waals surface area contributed by atoms with Crippen molar-refractivity contribution in [2.24, 2.45) is 0 Å². The van der Waals surface area contributed by atoms with Gasteiger partial charge in [-0.25, -0.2) is 9.97 Å². The Morgan fingerprint density at radius 3 is 2.30 bits per heavy atom. The van der Waals surface area contributed by atoms with Crippen LogP contribution in [0.3, 0.4) is 0 Å². The molecular formula is C16H22N4. The van der Waals surface area contributed by atoms with Crippen molar-refractivity contribution in [3.8, 4) is 0 Å². The number of anilines is 3. The summed E-state index contributed by atoms with van der Waals surface area (Å²) < 4.78 is 0. The maximum absolute atomic E-state index is 4.27. The van der Waals surface area contributed by atoms with Crippen molar-refractivity contribution in [1.82, 2.24) is 9.97 Å². The van der Waals surface area contributed by atoms with Gasteiger partial charge in [0.05, 0.1) is 0 Å². The zero-order chi connectivity index (χ0) is 14.8. The Bertz CT molecular complexity index is 600. The van der Waals surface area contributed by atoms with Gasteiger partial charge in [-0.2, -0.15) is 0 Å². The van der Waals surface area contributed by atoms with E-state index < -0.39 is 0 Å². The highest BCUT2D eigenvalue weighted by molar-refractivity contribution is 5.62. The van der Waals surface area contributed by atoms with Gasteiger partial charge in [-0.15, -0.1) is 0 Å². The van der Waals surface area contributed by atoms with Crippen LogP contribution in [0.4, 0.5) is 17.3 Å². The number of benzene rings is 1. The average molecular weight is 270 g/mol. The van der Waals surface area contributed by atoms with Crippen LogP contribution in [-0.4, -0.2) is 15.5 Å². The molecule has 0 aliphatic heterocycles. The van der Waals surface area contributed by atoms with Crippen LogP contribution in [0.2, 0.25) is 0 Å². The second-order valence-electron chi connectivity index (χ2n) is 6.11. The predicted molar refractivity (Wildman–Crippen MR) is 84.6 cm³/mol. The maximum Gasteiger partial charge on any atom is 0.135 e. The molecule has 1 heterocycles. The Hall–Kier alpha value is -2.10. The zero-order valence-corrected chi connectivity index (χ0v) is 12.8. The first kappa shape index (κ1) is 14.3. The summed E-state index contributed by atoms with van der Waals surface area (Å²) in [6.07, 6.45) is 1.57. The molecule has 0 aliphatic carbocycles. The van der Waals surface area contributed by atoms with Gasteiger partial charge >= 0.3 is 0 Å². The van der Waals surface area contributed by atoms with Crippen LogP contribution in [0.15, 0.2) is 30.6 Å². The third kappa shape index (κ3) is 3.95. The monoisotopic (exact) mass is 270 g/mol. The van der Waals surface area contributed by atoms with Crippen LogP contribution in [0.1, 0.15) is 31.9 Å². The van der Waals surface area contributed by atoms with Crippen molar-refractivity contribution in [2.45, 2.75) is 40.2 Å². The van der Waals surface area contributed by atoms with E-state index in [1.165, 1.54) is 11.1 Å². The molecule has 2 aromatic rings. The van der Waals surface area contributed by atoms with Gasteiger partial charge in [-0.3, -0.25) is 0 Å². The topological polar surface area (TPSA) is 49.8 Å². The Kier molecular flexibility index (Phi) is 3.93. The molecule has 2 rings (SSSR count). The minimum Gasteiger partial charge on any atom is -0.365 e. The standard InChI is InChI=1S/C16H22N4/c1-11-6-7-13(12(2)8-11)19-14-9-15(18-10-17-14)20-16(3,4)5/h6-10H,1-5H3,(H2,17,18,19,20). The minimum atomic E-state index is -0.0224. The molecule has 0 bridgehead atoms. The van der Waals surface area contributed by atoms with Crippen molar-refractivity contribution in [3.63, 3.8) is 0 Å². The van der Waals surface area contributed by atoms with Gasteiger partial charge in [0.2, 0.25) is 0 Å². The van der Waals surface area contributed by atoms with Crippen molar-refractivity contribution < 1.29 is 0 Å². The van der Waals surface area contributed by atoms with Gasteiger partial charge < -0.3 is 10.6 Å². The van der Waals surface area contributed by atoms with Gasteiger partial charge in [0.15, 0.2) is 0 Å². The lowest BCUT2D eigenvalue weighted by Gasteiger charge is -2.21. The highest BCUT2D eigenvalue weighted by atomic mass is 15.1. The van der Waals surface area contributed by atoms with Gasteiger partial charge in [-0.1, -0.05) is 17.7 Å². The smallest absolute Gasteiger partial charge is 0.135 e. The largest absolute Gasteiger partial charge is 0.365 e. The highest BCUT2D eigenvalue weighted by Crippen LogP contribution is 2.22. The van der Waals surface area contributed by atoms with Crippen LogP contribution in [0.25, 0.3) is 0 Å². The van der Waals surface area contributed by atoms with Crippen LogP contribution < -0.4 is 10.6 Å². The summed E-state index contributed by atoms with van der Waals surface area (Å²) in [4.78, 5) is 8.51. The van der Waals surface area contributed by atoms with Crippen LogP contribution >= 0.6 is 0 Å². The molecule has 0 saturated heterocycles. The van der Waals surface area contributed by atoms with Gasteiger partial charge in [-0.05, 0) is 46.2 Å². The fourth-order valence-corrected chi connectivity index (χ4v) is 1.97. The average Bonchev–Trinajstić information content (AvgIpc) is 2.31. The van der Waals surface area contributed by atoms with E-state index in [1.54, 1.807) is 6.33 Å². The van der Waals surface area contributed by atoms with E-state index >= 15 is 0 Å². The Balaban J connectivity index is 2.19. The molecule has 0 amide bonds. The van der Waals surface area contributed by atoms with E-state index in [2.05, 4.69) is 73.4 Å². The van der Waals surface area contributed by atoms with Gasteiger partial charge in [0.1, 0.15) is 18.0 Å². The first-order valence-corrected chi connectivity index (χ1v) is 6.78. The Morgan fingerprint density at radius 2 is 1.65 bits per heavy atom. The summed E-state index contributed by atoms with van der Waals surface area (Å²) in [6.45, 7) is 10.5. The highest BCUT2D eigenvalue weighted by Gasteiger charge is 2.10. The van der Waals surface area contributed by atoms with E-state index in [0.29, 0.717) is 0 Å². The van der Waals surface area contributed by atoms with E-state index in [0.717, 1.165) is 17.3 Å².